The molecule has 1 amide bonds. The lowest BCUT2D eigenvalue weighted by molar-refractivity contribution is 0.0936. The average molecular weight is 531 g/mol. The predicted octanol–water partition coefficient (Wildman–Crippen LogP) is 5.42. The molecule has 0 radical (unpaired) electrons. The van der Waals surface area contributed by atoms with Gasteiger partial charge < -0.3 is 19.5 Å². The second-order valence-electron chi connectivity index (χ2n) is 8.05. The Kier molecular flexibility index (Phi) is 7.33. The Morgan fingerprint density at radius 3 is 2.39 bits per heavy atom. The number of rotatable bonds is 9. The standard InChI is InChI=1S/C26H27ClN2O6S/c1-5-34-24-17(15(3)28-26(30)20-14-16(27)10-12-21(20)33-4)8-7-9-18(24)19-11-13-22-23(25(19)35-6-2)29-36(22,31)32/h7-15,29H,5-6H2,1-4H3,(H,28,30). The van der Waals surface area contributed by atoms with Gasteiger partial charge in [0, 0.05) is 21.7 Å². The number of carbonyl (C=O) groups is 1. The van der Waals surface area contributed by atoms with Gasteiger partial charge in [-0.3, -0.25) is 9.52 Å². The maximum absolute atomic E-state index is 13.1. The molecule has 0 bridgehead atoms. The van der Waals surface area contributed by atoms with Crippen LogP contribution in [0.2, 0.25) is 5.02 Å². The highest BCUT2D eigenvalue weighted by Gasteiger charge is 2.35. The molecule has 2 N–H and O–H groups in total. The molecule has 0 fully saturated rings. The summed E-state index contributed by atoms with van der Waals surface area (Å²) in [7, 11) is -2.01. The van der Waals surface area contributed by atoms with E-state index in [1.807, 2.05) is 39.0 Å². The van der Waals surface area contributed by atoms with Crippen molar-refractivity contribution in [3.8, 4) is 28.4 Å². The Balaban J connectivity index is 1.75. The molecule has 0 saturated carbocycles. The quantitative estimate of drug-likeness (QED) is 0.383. The van der Waals surface area contributed by atoms with Gasteiger partial charge in [-0.15, -0.1) is 0 Å². The number of carbonyl (C=O) groups excluding carboxylic acids is 1. The van der Waals surface area contributed by atoms with Gasteiger partial charge >= 0.3 is 0 Å². The molecule has 3 aromatic rings. The summed E-state index contributed by atoms with van der Waals surface area (Å²) in [5, 5.41) is 3.42. The SMILES string of the molecule is CCOc1c(-c2ccc3c(c2OCC)NS3(=O)=O)cccc1C(C)NC(=O)c1cc(Cl)ccc1OC. The zero-order valence-corrected chi connectivity index (χ0v) is 21.9. The Labute approximate surface area is 215 Å². The third kappa shape index (κ3) is 4.68. The zero-order chi connectivity index (χ0) is 26.0. The topological polar surface area (TPSA) is 103 Å². The maximum Gasteiger partial charge on any atom is 0.264 e. The number of para-hydroxylation sites is 1. The minimum Gasteiger partial charge on any atom is -0.496 e. The van der Waals surface area contributed by atoms with E-state index in [-0.39, 0.29) is 10.8 Å². The van der Waals surface area contributed by atoms with Crippen molar-refractivity contribution >= 4 is 33.2 Å². The van der Waals surface area contributed by atoms with E-state index in [9.17, 15) is 13.2 Å². The van der Waals surface area contributed by atoms with Crippen molar-refractivity contribution in [3.63, 3.8) is 0 Å². The van der Waals surface area contributed by atoms with Gasteiger partial charge in [-0.1, -0.05) is 29.8 Å². The van der Waals surface area contributed by atoms with Crippen LogP contribution in [0.15, 0.2) is 53.4 Å². The number of fused-ring (bicyclic) bond motifs is 1. The van der Waals surface area contributed by atoms with Gasteiger partial charge in [0.15, 0.2) is 5.75 Å². The Morgan fingerprint density at radius 2 is 1.72 bits per heavy atom. The molecule has 1 aliphatic rings. The molecular formula is C26H27ClN2O6S. The average Bonchev–Trinajstić information content (AvgIpc) is 2.84. The second-order valence-corrected chi connectivity index (χ2v) is 10.1. The molecule has 4 rings (SSSR count). The van der Waals surface area contributed by atoms with Gasteiger partial charge in [0.25, 0.3) is 15.9 Å². The summed E-state index contributed by atoms with van der Waals surface area (Å²) in [5.74, 6) is 1.06. The highest BCUT2D eigenvalue weighted by Crippen LogP contribution is 2.49. The van der Waals surface area contributed by atoms with Crippen LogP contribution in [-0.4, -0.2) is 34.6 Å². The number of anilines is 1. The third-order valence-corrected chi connectivity index (χ3v) is 7.41. The fourth-order valence-corrected chi connectivity index (χ4v) is 5.42. The van der Waals surface area contributed by atoms with Crippen LogP contribution < -0.4 is 24.2 Å². The molecule has 1 atom stereocenters. The number of nitrogens with one attached hydrogen (secondary N) is 2. The third-order valence-electron chi connectivity index (χ3n) is 5.78. The van der Waals surface area contributed by atoms with Crippen LogP contribution in [0.5, 0.6) is 17.2 Å². The highest BCUT2D eigenvalue weighted by molar-refractivity contribution is 7.94. The number of amides is 1. The number of methoxy groups -OCH3 is 1. The molecule has 1 heterocycles. The predicted molar refractivity (Wildman–Crippen MR) is 139 cm³/mol. The second kappa shape index (κ2) is 10.3. The lowest BCUT2D eigenvalue weighted by atomic mass is 9.96. The molecule has 10 heteroatoms. The van der Waals surface area contributed by atoms with E-state index >= 15 is 0 Å². The largest absolute Gasteiger partial charge is 0.496 e. The first kappa shape index (κ1) is 25.7. The van der Waals surface area contributed by atoms with Crippen LogP contribution in [0, 0.1) is 0 Å². The number of ether oxygens (including phenoxy) is 3. The first-order valence-corrected chi connectivity index (χ1v) is 13.3. The number of sulfonamides is 1. The monoisotopic (exact) mass is 530 g/mol. The Hall–Kier alpha value is -3.43. The van der Waals surface area contributed by atoms with Crippen LogP contribution in [0.4, 0.5) is 5.69 Å². The first-order valence-electron chi connectivity index (χ1n) is 11.4. The van der Waals surface area contributed by atoms with E-state index < -0.39 is 16.1 Å². The molecule has 190 valence electrons. The summed E-state index contributed by atoms with van der Waals surface area (Å²) >= 11 is 6.10. The van der Waals surface area contributed by atoms with Crippen molar-refractivity contribution in [2.45, 2.75) is 31.7 Å². The van der Waals surface area contributed by atoms with Crippen molar-refractivity contribution < 1.29 is 27.4 Å². The van der Waals surface area contributed by atoms with Gasteiger partial charge in [0.2, 0.25) is 0 Å². The lowest BCUT2D eigenvalue weighted by Crippen LogP contribution is -2.27. The summed E-state index contributed by atoms with van der Waals surface area (Å²) in [5.41, 5.74) is 2.89. The molecule has 1 aliphatic heterocycles. The summed E-state index contributed by atoms with van der Waals surface area (Å²) in [6, 6.07) is 13.3. The number of benzene rings is 3. The lowest BCUT2D eigenvalue weighted by Gasteiger charge is -2.27. The Bertz CT molecular complexity index is 1420. The van der Waals surface area contributed by atoms with Gasteiger partial charge in [-0.05, 0) is 51.1 Å². The van der Waals surface area contributed by atoms with Crippen molar-refractivity contribution in [3.05, 3.63) is 64.7 Å². The van der Waals surface area contributed by atoms with Crippen LogP contribution in [0.3, 0.4) is 0 Å². The smallest absolute Gasteiger partial charge is 0.264 e. The minimum atomic E-state index is -3.50. The molecular weight excluding hydrogens is 504 g/mol. The summed E-state index contributed by atoms with van der Waals surface area (Å²) < 4.78 is 43.9. The molecule has 0 spiro atoms. The summed E-state index contributed by atoms with van der Waals surface area (Å²) in [6.45, 7) is 6.29. The van der Waals surface area contributed by atoms with Crippen LogP contribution in [0.25, 0.3) is 11.1 Å². The first-order chi connectivity index (χ1) is 17.2. The van der Waals surface area contributed by atoms with Crippen LogP contribution >= 0.6 is 11.6 Å². The van der Waals surface area contributed by atoms with Gasteiger partial charge in [0.05, 0.1) is 31.9 Å². The molecule has 3 aromatic carbocycles. The fourth-order valence-electron chi connectivity index (χ4n) is 4.16. The summed E-state index contributed by atoms with van der Waals surface area (Å²) in [6.07, 6.45) is 0. The van der Waals surface area contributed by atoms with Gasteiger partial charge in [-0.25, -0.2) is 8.42 Å². The molecule has 36 heavy (non-hydrogen) atoms. The normalized spacial score (nSPS) is 14.0. The van der Waals surface area contributed by atoms with E-state index in [0.29, 0.717) is 57.9 Å². The summed E-state index contributed by atoms with van der Waals surface area (Å²) in [4.78, 5) is 13.3. The van der Waals surface area contributed by atoms with E-state index in [2.05, 4.69) is 10.0 Å². The van der Waals surface area contributed by atoms with E-state index in [0.717, 1.165) is 5.56 Å². The molecule has 0 saturated heterocycles. The molecule has 1 unspecified atom stereocenters. The minimum absolute atomic E-state index is 0.194. The molecule has 0 aliphatic carbocycles. The van der Waals surface area contributed by atoms with Crippen LogP contribution in [0.1, 0.15) is 42.7 Å². The number of halogens is 1. The number of hydrogen-bond acceptors (Lipinski definition) is 6. The maximum atomic E-state index is 13.1. The fraction of sp³-hybridized carbons (Fsp3) is 0.269. The Morgan fingerprint density at radius 1 is 1.03 bits per heavy atom. The van der Waals surface area contributed by atoms with Gasteiger partial charge in [-0.2, -0.15) is 0 Å². The van der Waals surface area contributed by atoms with Crippen molar-refractivity contribution in [2.75, 3.05) is 25.0 Å². The van der Waals surface area contributed by atoms with Crippen molar-refractivity contribution in [2.24, 2.45) is 0 Å². The van der Waals surface area contributed by atoms with Crippen molar-refractivity contribution in [1.29, 1.82) is 0 Å². The molecule has 8 nitrogen and oxygen atoms in total. The van der Waals surface area contributed by atoms with Crippen molar-refractivity contribution in [1.82, 2.24) is 5.32 Å². The van der Waals surface area contributed by atoms with Gasteiger partial charge in [0.1, 0.15) is 22.1 Å². The van der Waals surface area contributed by atoms with Crippen LogP contribution in [-0.2, 0) is 10.0 Å². The highest BCUT2D eigenvalue weighted by atomic mass is 35.5. The van der Waals surface area contributed by atoms with E-state index in [1.54, 1.807) is 30.3 Å². The molecule has 0 aromatic heterocycles. The zero-order valence-electron chi connectivity index (χ0n) is 20.3. The van der Waals surface area contributed by atoms with E-state index in [1.165, 1.54) is 7.11 Å². The van der Waals surface area contributed by atoms with E-state index in [4.69, 9.17) is 25.8 Å². The number of hydrogen-bond donors (Lipinski definition) is 2.